The van der Waals surface area contributed by atoms with Gasteiger partial charge >= 0.3 is 0 Å². The van der Waals surface area contributed by atoms with Gasteiger partial charge in [-0.3, -0.25) is 0 Å². The summed E-state index contributed by atoms with van der Waals surface area (Å²) in [5, 5.41) is 13.2. The van der Waals surface area contributed by atoms with Crippen LogP contribution in [0.5, 0.6) is 0 Å². The van der Waals surface area contributed by atoms with Gasteiger partial charge in [0, 0.05) is 6.54 Å². The third kappa shape index (κ3) is 3.50. The molecule has 0 aliphatic rings. The Morgan fingerprint density at radius 2 is 2.11 bits per heavy atom. The van der Waals surface area contributed by atoms with Crippen LogP contribution in [0.1, 0.15) is 18.3 Å². The Morgan fingerprint density at radius 1 is 1.22 bits per heavy atom. The highest BCUT2D eigenvalue weighted by Crippen LogP contribution is 2.27. The lowest BCUT2D eigenvalue weighted by molar-refractivity contribution is 0.422. The molecule has 1 aromatic carbocycles. The van der Waals surface area contributed by atoms with Crippen LogP contribution in [0, 0.1) is 12.7 Å². The number of furan rings is 1. The van der Waals surface area contributed by atoms with Gasteiger partial charge in [0.15, 0.2) is 16.8 Å². The molecular weight excluding hydrogens is 369 g/mol. The number of benzene rings is 1. The monoisotopic (exact) mass is 385 g/mol. The van der Waals surface area contributed by atoms with Crippen molar-refractivity contribution < 1.29 is 13.3 Å². The quantitative estimate of drug-likeness (QED) is 0.456. The van der Waals surface area contributed by atoms with Gasteiger partial charge in [0.05, 0.1) is 23.1 Å². The topological polar surface area (TPSA) is 82.8 Å². The lowest BCUT2D eigenvalue weighted by Gasteiger charge is -2.04. The Morgan fingerprint density at radius 3 is 2.89 bits per heavy atom. The standard InChI is InChI=1S/C18H16FN5O2S/c1-3-24-16(12-6-7-25-9-12)21-22-18(24)27-10-15-20-17(26-23-15)13-8-11(2)4-5-14(13)19/h4-9H,3,10H2,1-2H3. The SMILES string of the molecule is CCn1c(SCc2noc(-c3cc(C)ccc3F)n2)nnc1-c1ccoc1. The van der Waals surface area contributed by atoms with Crippen LogP contribution in [0.4, 0.5) is 4.39 Å². The van der Waals surface area contributed by atoms with Crippen LogP contribution < -0.4 is 0 Å². The molecule has 0 saturated heterocycles. The van der Waals surface area contributed by atoms with Crippen molar-refractivity contribution in [2.75, 3.05) is 0 Å². The molecule has 0 saturated carbocycles. The molecule has 0 atom stereocenters. The average molecular weight is 385 g/mol. The molecule has 138 valence electrons. The van der Waals surface area contributed by atoms with E-state index in [0.29, 0.717) is 23.7 Å². The van der Waals surface area contributed by atoms with E-state index in [1.54, 1.807) is 24.7 Å². The molecule has 27 heavy (non-hydrogen) atoms. The third-order valence-electron chi connectivity index (χ3n) is 3.96. The van der Waals surface area contributed by atoms with Crippen molar-refractivity contribution in [3.63, 3.8) is 0 Å². The van der Waals surface area contributed by atoms with E-state index in [-0.39, 0.29) is 11.7 Å². The lowest BCUT2D eigenvalue weighted by atomic mass is 10.1. The number of hydrogen-bond donors (Lipinski definition) is 0. The third-order valence-corrected chi connectivity index (χ3v) is 4.93. The number of rotatable bonds is 6. The van der Waals surface area contributed by atoms with Crippen LogP contribution in [0.2, 0.25) is 0 Å². The fraction of sp³-hybridized carbons (Fsp3) is 0.222. The van der Waals surface area contributed by atoms with E-state index in [4.69, 9.17) is 8.94 Å². The van der Waals surface area contributed by atoms with Gasteiger partial charge < -0.3 is 13.5 Å². The molecule has 7 nitrogen and oxygen atoms in total. The van der Waals surface area contributed by atoms with Crippen molar-refractivity contribution in [1.82, 2.24) is 24.9 Å². The van der Waals surface area contributed by atoms with Gasteiger partial charge in [0.1, 0.15) is 12.1 Å². The molecule has 9 heteroatoms. The van der Waals surface area contributed by atoms with E-state index in [0.717, 1.165) is 22.1 Å². The summed E-state index contributed by atoms with van der Waals surface area (Å²) in [6.45, 7) is 4.61. The van der Waals surface area contributed by atoms with Gasteiger partial charge in [-0.1, -0.05) is 28.5 Å². The average Bonchev–Trinajstić information content (AvgIpc) is 3.41. The van der Waals surface area contributed by atoms with E-state index in [1.165, 1.54) is 17.8 Å². The fourth-order valence-electron chi connectivity index (χ4n) is 2.64. The Labute approximate surface area is 158 Å². The van der Waals surface area contributed by atoms with Crippen molar-refractivity contribution >= 4 is 11.8 Å². The fourth-order valence-corrected chi connectivity index (χ4v) is 3.49. The number of thioether (sulfide) groups is 1. The summed E-state index contributed by atoms with van der Waals surface area (Å²) in [5.74, 6) is 1.41. The maximum Gasteiger partial charge on any atom is 0.260 e. The minimum absolute atomic E-state index is 0.169. The molecule has 3 aromatic heterocycles. The molecule has 3 heterocycles. The first-order chi connectivity index (χ1) is 13.2. The van der Waals surface area contributed by atoms with Gasteiger partial charge in [-0.05, 0) is 32.0 Å². The molecule has 0 amide bonds. The molecule has 0 fully saturated rings. The number of aryl methyl sites for hydroxylation is 1. The van der Waals surface area contributed by atoms with Crippen molar-refractivity contribution in [3.05, 3.63) is 54.0 Å². The van der Waals surface area contributed by atoms with Crippen LogP contribution in [0.25, 0.3) is 22.8 Å². The summed E-state index contributed by atoms with van der Waals surface area (Å²) in [7, 11) is 0. The van der Waals surface area contributed by atoms with Crippen molar-refractivity contribution in [3.8, 4) is 22.8 Å². The molecule has 0 unspecified atom stereocenters. The summed E-state index contributed by atoms with van der Waals surface area (Å²) in [5.41, 5.74) is 2.09. The predicted molar refractivity (Wildman–Crippen MR) is 97.4 cm³/mol. The number of aromatic nitrogens is 5. The van der Waals surface area contributed by atoms with Crippen LogP contribution in [0.15, 0.2) is 50.9 Å². The van der Waals surface area contributed by atoms with Crippen molar-refractivity contribution in [1.29, 1.82) is 0 Å². The predicted octanol–water partition coefficient (Wildman–Crippen LogP) is 4.35. The Bertz CT molecular complexity index is 1060. The summed E-state index contributed by atoms with van der Waals surface area (Å²) >= 11 is 1.44. The van der Waals surface area contributed by atoms with Gasteiger partial charge in [0.25, 0.3) is 5.89 Å². The lowest BCUT2D eigenvalue weighted by Crippen LogP contribution is -1.99. The molecular formula is C18H16FN5O2S. The second kappa shape index (κ2) is 7.36. The summed E-state index contributed by atoms with van der Waals surface area (Å²) < 4.78 is 26.3. The van der Waals surface area contributed by atoms with Crippen LogP contribution in [-0.4, -0.2) is 24.9 Å². The number of hydrogen-bond acceptors (Lipinski definition) is 7. The highest BCUT2D eigenvalue weighted by Gasteiger charge is 2.17. The van der Waals surface area contributed by atoms with Gasteiger partial charge in [-0.15, -0.1) is 10.2 Å². The van der Waals surface area contributed by atoms with Gasteiger partial charge in [-0.2, -0.15) is 4.98 Å². The second-order valence-electron chi connectivity index (χ2n) is 5.85. The second-order valence-corrected chi connectivity index (χ2v) is 6.79. The minimum Gasteiger partial charge on any atom is -0.472 e. The molecule has 0 N–H and O–H groups in total. The number of nitrogens with zero attached hydrogens (tertiary/aromatic N) is 5. The summed E-state index contributed by atoms with van der Waals surface area (Å²) in [6, 6.07) is 6.61. The van der Waals surface area contributed by atoms with Crippen molar-refractivity contribution in [2.24, 2.45) is 0 Å². The van der Waals surface area contributed by atoms with Crippen molar-refractivity contribution in [2.45, 2.75) is 31.3 Å². The van der Waals surface area contributed by atoms with Crippen LogP contribution in [-0.2, 0) is 12.3 Å². The Hall–Kier alpha value is -2.94. The number of halogens is 1. The molecule has 0 spiro atoms. The molecule has 0 aliphatic carbocycles. The zero-order valence-corrected chi connectivity index (χ0v) is 15.5. The largest absolute Gasteiger partial charge is 0.472 e. The van der Waals surface area contributed by atoms with Crippen LogP contribution >= 0.6 is 11.8 Å². The zero-order chi connectivity index (χ0) is 18.8. The summed E-state index contributed by atoms with van der Waals surface area (Å²) in [4.78, 5) is 4.30. The molecule has 0 aliphatic heterocycles. The molecule has 0 bridgehead atoms. The van der Waals surface area contributed by atoms with E-state index < -0.39 is 0 Å². The van der Waals surface area contributed by atoms with Gasteiger partial charge in [-0.25, -0.2) is 4.39 Å². The Balaban J connectivity index is 1.52. The van der Waals surface area contributed by atoms with E-state index in [9.17, 15) is 4.39 Å². The van der Waals surface area contributed by atoms with Crippen LogP contribution in [0.3, 0.4) is 0 Å². The molecule has 4 aromatic rings. The highest BCUT2D eigenvalue weighted by atomic mass is 32.2. The van der Waals surface area contributed by atoms with Gasteiger partial charge in [0.2, 0.25) is 0 Å². The molecule has 0 radical (unpaired) electrons. The zero-order valence-electron chi connectivity index (χ0n) is 14.7. The normalized spacial score (nSPS) is 11.2. The maximum absolute atomic E-state index is 14.0. The summed E-state index contributed by atoms with van der Waals surface area (Å²) in [6.07, 6.45) is 3.23. The smallest absolute Gasteiger partial charge is 0.260 e. The first-order valence-corrected chi connectivity index (χ1v) is 9.32. The first-order valence-electron chi connectivity index (χ1n) is 8.33. The van der Waals surface area contributed by atoms with E-state index in [1.807, 2.05) is 24.5 Å². The minimum atomic E-state index is -0.390. The molecule has 4 rings (SSSR count). The van der Waals surface area contributed by atoms with E-state index >= 15 is 0 Å². The first kappa shape index (κ1) is 17.5. The maximum atomic E-state index is 14.0. The Kier molecular flexibility index (Phi) is 4.76. The highest BCUT2D eigenvalue weighted by molar-refractivity contribution is 7.98. The van der Waals surface area contributed by atoms with E-state index in [2.05, 4.69) is 20.3 Å².